The molecule has 0 amide bonds. The summed E-state index contributed by atoms with van der Waals surface area (Å²) in [5.41, 5.74) is 0.209. The number of hydrogen-bond acceptors (Lipinski definition) is 5. The van der Waals surface area contributed by atoms with Crippen LogP contribution in [0.25, 0.3) is 0 Å². The van der Waals surface area contributed by atoms with E-state index in [9.17, 15) is 5.11 Å². The van der Waals surface area contributed by atoms with Gasteiger partial charge in [-0.25, -0.2) is 0 Å². The Kier molecular flexibility index (Phi) is 3.90. The standard InChI is InChI=1S/C7H11BrN4O2/c1-14-3-2-10-7-4(6(9)13)5(8)11-12-7/h2-3H2,1H3,(H2,9,13)(H2,10,11,12)/p-1. The van der Waals surface area contributed by atoms with Gasteiger partial charge in [-0.1, -0.05) is 0 Å². The van der Waals surface area contributed by atoms with Crippen LogP contribution in [-0.4, -0.2) is 36.4 Å². The van der Waals surface area contributed by atoms with Gasteiger partial charge in [-0.05, 0) is 21.8 Å². The number of nitrogens with one attached hydrogen (secondary N) is 3. The molecule has 1 heterocycles. The van der Waals surface area contributed by atoms with E-state index < -0.39 is 5.90 Å². The topological polar surface area (TPSA) is 96.8 Å². The highest BCUT2D eigenvalue weighted by atomic mass is 79.9. The Morgan fingerprint density at radius 1 is 1.79 bits per heavy atom. The van der Waals surface area contributed by atoms with E-state index in [-0.39, 0.29) is 5.56 Å². The lowest BCUT2D eigenvalue weighted by Gasteiger charge is -2.09. The highest BCUT2D eigenvalue weighted by molar-refractivity contribution is 9.10. The second kappa shape index (κ2) is 4.97. The fourth-order valence-electron chi connectivity index (χ4n) is 0.927. The molecule has 0 aliphatic carbocycles. The molecule has 0 aliphatic heterocycles. The number of hydrogen-bond donors (Lipinski definition) is 3. The van der Waals surface area contributed by atoms with Gasteiger partial charge in [0.2, 0.25) is 0 Å². The molecule has 0 aromatic carbocycles. The maximum absolute atomic E-state index is 10.9. The van der Waals surface area contributed by atoms with Crippen LogP contribution in [0.15, 0.2) is 4.60 Å². The van der Waals surface area contributed by atoms with Crippen molar-refractivity contribution in [3.05, 3.63) is 10.2 Å². The highest BCUT2D eigenvalue weighted by Gasteiger charge is 2.09. The summed E-state index contributed by atoms with van der Waals surface area (Å²) in [5.74, 6) is -0.417. The number of H-pyrrole nitrogens is 1. The number of halogens is 1. The Hall–Kier alpha value is -1.08. The van der Waals surface area contributed by atoms with Gasteiger partial charge in [0.15, 0.2) is 5.82 Å². The maximum atomic E-state index is 10.9. The number of methoxy groups -OCH3 is 1. The zero-order valence-electron chi connectivity index (χ0n) is 7.56. The normalized spacial score (nSPS) is 10.1. The molecule has 0 unspecified atom stereocenters. The molecule has 0 radical (unpaired) electrons. The van der Waals surface area contributed by atoms with Crippen molar-refractivity contribution in [2.24, 2.45) is 0 Å². The predicted molar refractivity (Wildman–Crippen MR) is 53.5 cm³/mol. The largest absolute Gasteiger partial charge is 0.859 e. The second-order valence-corrected chi connectivity index (χ2v) is 3.30. The molecule has 1 aromatic heterocycles. The third-order valence-corrected chi connectivity index (χ3v) is 2.12. The first-order valence-corrected chi connectivity index (χ1v) is 4.68. The average molecular weight is 262 g/mol. The van der Waals surface area contributed by atoms with E-state index in [1.165, 1.54) is 0 Å². The Bertz CT molecular complexity index is 325. The first-order valence-electron chi connectivity index (χ1n) is 3.89. The minimum absolute atomic E-state index is 0.209. The number of ether oxygens (including phenoxy) is 1. The summed E-state index contributed by atoms with van der Waals surface area (Å²) >= 11 is 3.10. The van der Waals surface area contributed by atoms with Gasteiger partial charge in [0.25, 0.3) is 0 Å². The summed E-state index contributed by atoms with van der Waals surface area (Å²) < 4.78 is 5.24. The highest BCUT2D eigenvalue weighted by Crippen LogP contribution is 2.20. The molecule has 78 valence electrons. The summed E-state index contributed by atoms with van der Waals surface area (Å²) in [4.78, 5) is 0. The van der Waals surface area contributed by atoms with Crippen LogP contribution in [0, 0.1) is 5.41 Å². The van der Waals surface area contributed by atoms with Crippen LogP contribution in [0.3, 0.4) is 0 Å². The summed E-state index contributed by atoms with van der Waals surface area (Å²) in [6.45, 7) is 1.05. The summed E-state index contributed by atoms with van der Waals surface area (Å²) in [7, 11) is 1.58. The number of aromatic nitrogens is 2. The molecule has 1 aromatic rings. The zero-order chi connectivity index (χ0) is 10.6. The SMILES string of the molecule is COCCNc1n[nH]c(Br)c1C(=N)[O-]. The Labute approximate surface area is 89.3 Å². The van der Waals surface area contributed by atoms with E-state index in [0.717, 1.165) is 0 Å². The van der Waals surface area contributed by atoms with E-state index in [4.69, 9.17) is 10.1 Å². The number of rotatable bonds is 5. The minimum Gasteiger partial charge on any atom is -0.859 e. The van der Waals surface area contributed by atoms with Gasteiger partial charge in [0, 0.05) is 13.7 Å². The molecule has 0 bridgehead atoms. The molecule has 6 nitrogen and oxygen atoms in total. The van der Waals surface area contributed by atoms with E-state index >= 15 is 0 Å². The van der Waals surface area contributed by atoms with Crippen molar-refractivity contribution >= 4 is 27.6 Å². The number of aromatic amines is 1. The summed E-state index contributed by atoms with van der Waals surface area (Å²) in [6.07, 6.45) is 0. The van der Waals surface area contributed by atoms with Crippen LogP contribution in [0.4, 0.5) is 5.82 Å². The number of nitrogens with zero attached hydrogens (tertiary/aromatic N) is 1. The third-order valence-electron chi connectivity index (χ3n) is 1.55. The third kappa shape index (κ3) is 2.46. The lowest BCUT2D eigenvalue weighted by Crippen LogP contribution is -2.19. The van der Waals surface area contributed by atoms with Crippen molar-refractivity contribution in [3.8, 4) is 0 Å². The lowest BCUT2D eigenvalue weighted by atomic mass is 10.3. The van der Waals surface area contributed by atoms with Gasteiger partial charge in [0.1, 0.15) is 4.60 Å². The van der Waals surface area contributed by atoms with E-state index in [2.05, 4.69) is 31.4 Å². The molecule has 0 aliphatic rings. The molecule has 3 N–H and O–H groups in total. The van der Waals surface area contributed by atoms with Gasteiger partial charge in [-0.3, -0.25) is 5.10 Å². The summed E-state index contributed by atoms with van der Waals surface area (Å²) in [6, 6.07) is 0. The van der Waals surface area contributed by atoms with Crippen molar-refractivity contribution in [2.75, 3.05) is 25.6 Å². The smallest absolute Gasteiger partial charge is 0.157 e. The van der Waals surface area contributed by atoms with E-state index in [1.54, 1.807) is 7.11 Å². The first-order chi connectivity index (χ1) is 6.66. The molecule has 0 saturated carbocycles. The average Bonchev–Trinajstić information content (AvgIpc) is 2.47. The second-order valence-electron chi connectivity index (χ2n) is 2.51. The van der Waals surface area contributed by atoms with E-state index in [1.807, 2.05) is 0 Å². The Morgan fingerprint density at radius 2 is 2.50 bits per heavy atom. The Balaban J connectivity index is 2.71. The van der Waals surface area contributed by atoms with Gasteiger partial charge in [0.05, 0.1) is 12.2 Å². The summed E-state index contributed by atoms with van der Waals surface area (Å²) in [5, 5.41) is 27.2. The van der Waals surface area contributed by atoms with Crippen molar-refractivity contribution < 1.29 is 9.84 Å². The molecule has 14 heavy (non-hydrogen) atoms. The molecule has 0 spiro atoms. The van der Waals surface area contributed by atoms with Crippen molar-refractivity contribution in [2.45, 2.75) is 0 Å². The molecule has 0 saturated heterocycles. The first kappa shape index (κ1) is 11.0. The molecular weight excluding hydrogens is 252 g/mol. The zero-order valence-corrected chi connectivity index (χ0v) is 9.14. The molecule has 1 rings (SSSR count). The molecule has 0 fully saturated rings. The van der Waals surface area contributed by atoms with Crippen molar-refractivity contribution in [3.63, 3.8) is 0 Å². The molecular formula is C7H10BrN4O2-. The van der Waals surface area contributed by atoms with Gasteiger partial charge in [-0.15, -0.1) is 0 Å². The van der Waals surface area contributed by atoms with Crippen LogP contribution in [-0.2, 0) is 4.74 Å². The lowest BCUT2D eigenvalue weighted by molar-refractivity contribution is -0.214. The Morgan fingerprint density at radius 3 is 3.07 bits per heavy atom. The predicted octanol–water partition coefficient (Wildman–Crippen LogP) is -0.0838. The maximum Gasteiger partial charge on any atom is 0.157 e. The number of anilines is 1. The molecule has 7 heteroatoms. The van der Waals surface area contributed by atoms with E-state index in [0.29, 0.717) is 23.6 Å². The molecule has 0 atom stereocenters. The van der Waals surface area contributed by atoms with Crippen LogP contribution in [0.5, 0.6) is 0 Å². The monoisotopic (exact) mass is 261 g/mol. The quantitative estimate of drug-likeness (QED) is 0.392. The van der Waals surface area contributed by atoms with Crippen LogP contribution >= 0.6 is 15.9 Å². The van der Waals surface area contributed by atoms with Gasteiger partial charge >= 0.3 is 0 Å². The van der Waals surface area contributed by atoms with Crippen LogP contribution in [0.2, 0.25) is 0 Å². The van der Waals surface area contributed by atoms with Crippen molar-refractivity contribution in [1.82, 2.24) is 10.2 Å². The fourth-order valence-corrected chi connectivity index (χ4v) is 1.38. The minimum atomic E-state index is -0.787. The fraction of sp³-hybridized carbons (Fsp3) is 0.429. The van der Waals surface area contributed by atoms with Gasteiger partial charge in [-0.2, -0.15) is 5.10 Å². The van der Waals surface area contributed by atoms with Gasteiger partial charge < -0.3 is 20.6 Å². The van der Waals surface area contributed by atoms with Crippen molar-refractivity contribution in [1.29, 1.82) is 5.41 Å². The van der Waals surface area contributed by atoms with Crippen LogP contribution in [0.1, 0.15) is 5.56 Å². The van der Waals surface area contributed by atoms with Crippen LogP contribution < -0.4 is 10.4 Å².